The summed E-state index contributed by atoms with van der Waals surface area (Å²) in [6.45, 7) is 5.19. The maximum atomic E-state index is 12.8. The van der Waals surface area contributed by atoms with Crippen molar-refractivity contribution in [3.8, 4) is 0 Å². The molecule has 2 heterocycles. The minimum Gasteiger partial charge on any atom is -0.480 e. The smallest absolute Gasteiger partial charge is 0.327 e. The van der Waals surface area contributed by atoms with Gasteiger partial charge in [-0.05, 0) is 38.5 Å². The van der Waals surface area contributed by atoms with Gasteiger partial charge in [-0.3, -0.25) is 9.59 Å². The van der Waals surface area contributed by atoms with E-state index in [1.807, 2.05) is 0 Å². The highest BCUT2D eigenvalue weighted by Gasteiger charge is 2.70. The monoisotopic (exact) mass is 519 g/mol. The molecule has 146 valence electrons. The lowest BCUT2D eigenvalue weighted by Crippen LogP contribution is -2.78. The predicted molar refractivity (Wildman–Crippen MR) is 109 cm³/mol. The van der Waals surface area contributed by atoms with E-state index in [2.05, 4.69) is 37.2 Å². The summed E-state index contributed by atoms with van der Waals surface area (Å²) in [5.41, 5.74) is 5.50. The van der Waals surface area contributed by atoms with Crippen molar-refractivity contribution in [2.24, 2.45) is 5.73 Å². The Bertz CT molecular complexity index is 849. The summed E-state index contributed by atoms with van der Waals surface area (Å²) in [4.78, 5) is 38.4. The van der Waals surface area contributed by atoms with E-state index in [4.69, 9.17) is 5.73 Å². The first-order chi connectivity index (χ1) is 12.4. The molecule has 4 atom stereocenters. The molecule has 2 aliphatic rings. The van der Waals surface area contributed by atoms with E-state index in [0.717, 1.165) is 4.47 Å². The van der Waals surface area contributed by atoms with Crippen LogP contribution in [0.3, 0.4) is 0 Å². The van der Waals surface area contributed by atoms with Crippen molar-refractivity contribution in [2.75, 3.05) is 0 Å². The molecule has 4 N–H and O–H groups in total. The number of β-lactam (4-membered cyclic amide) rings is 1. The van der Waals surface area contributed by atoms with Crippen molar-refractivity contribution in [1.29, 1.82) is 0 Å². The van der Waals surface area contributed by atoms with Crippen LogP contribution in [-0.2, 0) is 14.4 Å². The van der Waals surface area contributed by atoms with Crippen LogP contribution in [-0.4, -0.2) is 49.5 Å². The Morgan fingerprint density at radius 2 is 1.96 bits per heavy atom. The average Bonchev–Trinajstić information content (AvgIpc) is 2.83. The number of carboxylic acids is 1. The molecule has 0 saturated carbocycles. The van der Waals surface area contributed by atoms with Crippen LogP contribution >= 0.6 is 43.6 Å². The molecule has 1 aromatic carbocycles. The Balaban J connectivity index is 1.81. The molecule has 0 aliphatic carbocycles. The number of carbonyl (C=O) groups is 3. The minimum absolute atomic E-state index is 0.409. The summed E-state index contributed by atoms with van der Waals surface area (Å²) in [5, 5.41) is 11.8. The van der Waals surface area contributed by atoms with E-state index < -0.39 is 45.5 Å². The number of nitrogens with zero attached hydrogens (tertiary/aromatic N) is 1. The number of aliphatic carboxylic acids is 1. The SMILES string of the molecule is CC1(C)S[C@H]2N(C(=O)[C@]2(C)NC(=O)C(N)c2ccc(Br)cc2Br)[C@H]1C(=O)O. The second-order valence-electron chi connectivity index (χ2n) is 7.36. The number of carboxylic acid groups (broad SMARTS) is 1. The van der Waals surface area contributed by atoms with Crippen LogP contribution in [0.2, 0.25) is 0 Å². The van der Waals surface area contributed by atoms with Gasteiger partial charge in [0.15, 0.2) is 0 Å². The Morgan fingerprint density at radius 1 is 1.33 bits per heavy atom. The first-order valence-electron chi connectivity index (χ1n) is 8.16. The molecule has 1 aromatic rings. The van der Waals surface area contributed by atoms with Crippen molar-refractivity contribution in [2.45, 2.75) is 48.5 Å². The van der Waals surface area contributed by atoms with Gasteiger partial charge in [0.05, 0.1) is 0 Å². The number of rotatable bonds is 4. The lowest BCUT2D eigenvalue weighted by Gasteiger charge is -2.51. The van der Waals surface area contributed by atoms with Gasteiger partial charge in [0.25, 0.3) is 5.91 Å². The Morgan fingerprint density at radius 3 is 2.52 bits per heavy atom. The summed E-state index contributed by atoms with van der Waals surface area (Å²) >= 11 is 8.11. The third kappa shape index (κ3) is 3.20. The van der Waals surface area contributed by atoms with Crippen LogP contribution in [0.25, 0.3) is 0 Å². The number of halogens is 2. The van der Waals surface area contributed by atoms with Crippen LogP contribution in [0, 0.1) is 0 Å². The molecule has 27 heavy (non-hydrogen) atoms. The zero-order chi connectivity index (χ0) is 20.3. The number of thioether (sulfide) groups is 1. The zero-order valence-corrected chi connectivity index (χ0v) is 18.8. The highest BCUT2D eigenvalue weighted by Crippen LogP contribution is 2.54. The molecular formula is C17H19Br2N3O4S. The number of nitrogens with one attached hydrogen (secondary N) is 1. The number of hydrogen-bond donors (Lipinski definition) is 3. The molecule has 0 radical (unpaired) electrons. The number of benzene rings is 1. The number of nitrogens with two attached hydrogens (primary N) is 1. The van der Waals surface area contributed by atoms with E-state index >= 15 is 0 Å². The molecule has 10 heteroatoms. The summed E-state index contributed by atoms with van der Waals surface area (Å²) in [6, 6.07) is 3.38. The van der Waals surface area contributed by atoms with E-state index in [-0.39, 0.29) is 0 Å². The molecule has 0 aromatic heterocycles. The molecule has 2 saturated heterocycles. The third-order valence-corrected chi connectivity index (χ3v) is 7.91. The lowest BCUT2D eigenvalue weighted by molar-refractivity contribution is -0.168. The van der Waals surface area contributed by atoms with Crippen molar-refractivity contribution in [3.63, 3.8) is 0 Å². The van der Waals surface area contributed by atoms with Crippen molar-refractivity contribution < 1.29 is 19.5 Å². The van der Waals surface area contributed by atoms with Gasteiger partial charge in [0.2, 0.25) is 5.91 Å². The zero-order valence-electron chi connectivity index (χ0n) is 14.8. The second-order valence-corrected chi connectivity index (χ2v) is 10.9. The number of carbonyl (C=O) groups excluding carboxylic acids is 2. The molecule has 2 aliphatic heterocycles. The van der Waals surface area contributed by atoms with Gasteiger partial charge in [0, 0.05) is 13.7 Å². The lowest BCUT2D eigenvalue weighted by atomic mass is 9.85. The van der Waals surface area contributed by atoms with Crippen LogP contribution in [0.4, 0.5) is 0 Å². The minimum atomic E-state index is -1.19. The van der Waals surface area contributed by atoms with Crippen LogP contribution < -0.4 is 11.1 Å². The average molecular weight is 521 g/mol. The highest BCUT2D eigenvalue weighted by molar-refractivity contribution is 9.11. The number of fused-ring (bicyclic) bond motifs is 1. The Labute approximate surface area is 177 Å². The quantitative estimate of drug-likeness (QED) is 0.525. The van der Waals surface area contributed by atoms with E-state index in [0.29, 0.717) is 10.0 Å². The first-order valence-corrected chi connectivity index (χ1v) is 10.6. The van der Waals surface area contributed by atoms with Crippen LogP contribution in [0.5, 0.6) is 0 Å². The van der Waals surface area contributed by atoms with E-state index in [1.54, 1.807) is 39.0 Å². The molecule has 0 spiro atoms. The number of hydrogen-bond acceptors (Lipinski definition) is 5. The summed E-state index contributed by atoms with van der Waals surface area (Å²) < 4.78 is 0.853. The van der Waals surface area contributed by atoms with Gasteiger partial charge < -0.3 is 21.1 Å². The summed E-state index contributed by atoms with van der Waals surface area (Å²) in [6.07, 6.45) is 0. The number of amides is 2. The highest BCUT2D eigenvalue weighted by atomic mass is 79.9. The van der Waals surface area contributed by atoms with Crippen molar-refractivity contribution in [1.82, 2.24) is 10.2 Å². The third-order valence-electron chi connectivity index (χ3n) is 4.97. The van der Waals surface area contributed by atoms with Crippen molar-refractivity contribution >= 4 is 61.4 Å². The molecule has 2 amide bonds. The van der Waals surface area contributed by atoms with Gasteiger partial charge in [-0.15, -0.1) is 11.8 Å². The maximum absolute atomic E-state index is 12.8. The molecule has 1 unspecified atom stereocenters. The first kappa shape index (κ1) is 20.6. The van der Waals surface area contributed by atoms with Crippen LogP contribution in [0.1, 0.15) is 32.4 Å². The van der Waals surface area contributed by atoms with Gasteiger partial charge in [0.1, 0.15) is 23.0 Å². The van der Waals surface area contributed by atoms with Gasteiger partial charge in [-0.25, -0.2) is 4.79 Å². The molecule has 0 bridgehead atoms. The van der Waals surface area contributed by atoms with Gasteiger partial charge >= 0.3 is 5.97 Å². The normalized spacial score (nSPS) is 29.7. The fourth-order valence-corrected chi connectivity index (χ4v) is 6.51. The van der Waals surface area contributed by atoms with Crippen LogP contribution in [0.15, 0.2) is 27.1 Å². The van der Waals surface area contributed by atoms with E-state index in [1.165, 1.54) is 16.7 Å². The summed E-state index contributed by atoms with van der Waals surface area (Å²) in [5.74, 6) is -1.95. The topological polar surface area (TPSA) is 113 Å². The molecule has 2 fully saturated rings. The molecule has 3 rings (SSSR count). The predicted octanol–water partition coefficient (Wildman–Crippen LogP) is 2.23. The Hall–Kier alpha value is -1.10. The largest absolute Gasteiger partial charge is 0.480 e. The summed E-state index contributed by atoms with van der Waals surface area (Å²) in [7, 11) is 0. The van der Waals surface area contributed by atoms with E-state index in [9.17, 15) is 19.5 Å². The Kier molecular flexibility index (Phi) is 5.16. The van der Waals surface area contributed by atoms with Crippen molar-refractivity contribution in [3.05, 3.63) is 32.7 Å². The fraction of sp³-hybridized carbons (Fsp3) is 0.471. The fourth-order valence-electron chi connectivity index (χ4n) is 3.57. The van der Waals surface area contributed by atoms with Gasteiger partial charge in [-0.1, -0.05) is 37.9 Å². The van der Waals surface area contributed by atoms with Gasteiger partial charge in [-0.2, -0.15) is 0 Å². The second kappa shape index (κ2) is 6.75. The maximum Gasteiger partial charge on any atom is 0.327 e. The molecular weight excluding hydrogens is 502 g/mol. The standard InChI is InChI=1S/C17H19Br2N3O4S/c1-16(2)11(13(24)25)22-14(26)17(3,15(22)27-16)21-12(23)10(20)8-5-4-7(18)6-9(8)19/h4-6,10-11,15H,20H2,1-3H3,(H,21,23)(H,24,25)/t10?,11-,15+,17-/m0/s1. The molecule has 7 nitrogen and oxygen atoms in total.